The molecule has 2 aliphatic rings. The summed E-state index contributed by atoms with van der Waals surface area (Å²) in [5, 5.41) is 19.1. The molecule has 112 valence electrons. The van der Waals surface area contributed by atoms with Gasteiger partial charge in [-0.3, -0.25) is 0 Å². The Kier molecular flexibility index (Phi) is 4.84. The molecule has 0 aliphatic heterocycles. The van der Waals surface area contributed by atoms with Gasteiger partial charge in [-0.05, 0) is 62.5 Å². The predicted octanol–water partition coefficient (Wildman–Crippen LogP) is 2.45. The van der Waals surface area contributed by atoms with Gasteiger partial charge in [0.2, 0.25) is 0 Å². The molecule has 2 saturated carbocycles. The molecule has 0 amide bonds. The fraction of sp³-hybridized carbons (Fsp3) is 0.647. The Labute approximate surface area is 121 Å². The average molecular weight is 277 g/mol. The van der Waals surface area contributed by atoms with Gasteiger partial charge < -0.3 is 15.9 Å². The maximum atomic E-state index is 9.74. The molecule has 20 heavy (non-hydrogen) atoms. The molecule has 0 heterocycles. The van der Waals surface area contributed by atoms with Crippen LogP contribution in [-0.4, -0.2) is 28.5 Å². The number of allylic oxidation sites excluding steroid dienone is 4. The topological polar surface area (TPSA) is 66.5 Å². The maximum Gasteiger partial charge on any atom is 0.0611 e. The van der Waals surface area contributed by atoms with Crippen LogP contribution in [-0.2, 0) is 0 Å². The zero-order valence-corrected chi connectivity index (χ0v) is 12.4. The smallest absolute Gasteiger partial charge is 0.0611 e. The molecule has 2 aliphatic carbocycles. The molecule has 0 radical (unpaired) electrons. The van der Waals surface area contributed by atoms with E-state index in [2.05, 4.69) is 18.7 Å². The fourth-order valence-corrected chi connectivity index (χ4v) is 3.40. The van der Waals surface area contributed by atoms with Gasteiger partial charge in [-0.1, -0.05) is 24.3 Å². The summed E-state index contributed by atoms with van der Waals surface area (Å²) in [5.41, 5.74) is 9.39. The van der Waals surface area contributed by atoms with Crippen molar-refractivity contribution in [2.75, 3.05) is 6.61 Å². The van der Waals surface area contributed by atoms with Crippen LogP contribution in [0.5, 0.6) is 0 Å². The highest BCUT2D eigenvalue weighted by atomic mass is 16.3. The molecule has 4 N–H and O–H groups in total. The third-order valence-corrected chi connectivity index (χ3v) is 4.81. The first-order chi connectivity index (χ1) is 9.47. The van der Waals surface area contributed by atoms with Crippen molar-refractivity contribution in [2.45, 2.75) is 57.1 Å². The highest BCUT2D eigenvalue weighted by molar-refractivity contribution is 5.39. The Bertz CT molecular complexity index is 438. The van der Waals surface area contributed by atoms with E-state index in [1.807, 2.05) is 6.92 Å². The molecule has 2 rings (SSSR count). The van der Waals surface area contributed by atoms with E-state index in [0.29, 0.717) is 5.92 Å². The minimum absolute atomic E-state index is 0.0552. The second-order valence-electron chi connectivity index (χ2n) is 6.42. The van der Waals surface area contributed by atoms with Crippen molar-refractivity contribution in [3.05, 3.63) is 35.5 Å². The Morgan fingerprint density at radius 1 is 1.45 bits per heavy atom. The van der Waals surface area contributed by atoms with E-state index < -0.39 is 5.54 Å². The summed E-state index contributed by atoms with van der Waals surface area (Å²) in [5.74, 6) is 0.379. The van der Waals surface area contributed by atoms with Gasteiger partial charge in [0.25, 0.3) is 0 Å². The lowest BCUT2D eigenvalue weighted by Gasteiger charge is -2.24. The maximum absolute atomic E-state index is 9.74. The number of rotatable bonds is 3. The van der Waals surface area contributed by atoms with Crippen LogP contribution in [0.1, 0.15) is 45.4 Å². The zero-order chi connectivity index (χ0) is 14.8. The lowest BCUT2D eigenvalue weighted by atomic mass is 9.84. The number of hydrogen-bond donors (Lipinski definition) is 3. The van der Waals surface area contributed by atoms with Crippen molar-refractivity contribution in [1.29, 1.82) is 0 Å². The minimum Gasteiger partial charge on any atom is -0.394 e. The summed E-state index contributed by atoms with van der Waals surface area (Å²) < 4.78 is 0. The molecule has 0 aromatic carbocycles. The molecule has 3 heteroatoms. The van der Waals surface area contributed by atoms with Crippen LogP contribution in [0.15, 0.2) is 35.5 Å². The zero-order valence-electron chi connectivity index (χ0n) is 12.4. The van der Waals surface area contributed by atoms with Crippen molar-refractivity contribution >= 4 is 0 Å². The van der Waals surface area contributed by atoms with E-state index in [4.69, 9.17) is 5.73 Å². The van der Waals surface area contributed by atoms with Crippen molar-refractivity contribution in [2.24, 2.45) is 11.7 Å². The Morgan fingerprint density at radius 3 is 2.80 bits per heavy atom. The van der Waals surface area contributed by atoms with E-state index >= 15 is 0 Å². The quantitative estimate of drug-likeness (QED) is 0.742. The average Bonchev–Trinajstić information content (AvgIpc) is 2.84. The highest BCUT2D eigenvalue weighted by Gasteiger charge is 2.35. The summed E-state index contributed by atoms with van der Waals surface area (Å²) in [6.07, 6.45) is 9.27. The third kappa shape index (κ3) is 3.40. The van der Waals surface area contributed by atoms with Gasteiger partial charge in [0.15, 0.2) is 0 Å². The third-order valence-electron chi connectivity index (χ3n) is 4.81. The lowest BCUT2D eigenvalue weighted by molar-refractivity contribution is 0.158. The van der Waals surface area contributed by atoms with Crippen LogP contribution >= 0.6 is 0 Å². The molecule has 0 saturated heterocycles. The molecule has 0 aromatic rings. The standard InChI is InChI=1S/C17H27NO2/c1-3-13-9-16(20)5-4-14(13)8-12(2)15-6-7-17(18,10-15)11-19/h3,8,15-16,19-20H,2,4-7,9-11,18H2,1H3/b13-3-,14-8-/t15-,16?,17+/m0/s1. The Hall–Kier alpha value is -0.900. The lowest BCUT2D eigenvalue weighted by Crippen LogP contribution is -2.40. The normalized spacial score (nSPS) is 38.6. The van der Waals surface area contributed by atoms with Crippen LogP contribution in [0.25, 0.3) is 0 Å². The van der Waals surface area contributed by atoms with Gasteiger partial charge in [0.1, 0.15) is 0 Å². The number of hydrogen-bond acceptors (Lipinski definition) is 3. The van der Waals surface area contributed by atoms with Crippen LogP contribution in [0, 0.1) is 5.92 Å². The van der Waals surface area contributed by atoms with Gasteiger partial charge in [-0.15, -0.1) is 0 Å². The van der Waals surface area contributed by atoms with Gasteiger partial charge >= 0.3 is 0 Å². The highest BCUT2D eigenvalue weighted by Crippen LogP contribution is 2.38. The Balaban J connectivity index is 2.05. The van der Waals surface area contributed by atoms with Crippen molar-refractivity contribution in [3.8, 4) is 0 Å². The van der Waals surface area contributed by atoms with Gasteiger partial charge in [0.05, 0.1) is 12.7 Å². The molecular formula is C17H27NO2. The van der Waals surface area contributed by atoms with Crippen molar-refractivity contribution in [3.63, 3.8) is 0 Å². The second-order valence-corrected chi connectivity index (χ2v) is 6.42. The largest absolute Gasteiger partial charge is 0.394 e. The van der Waals surface area contributed by atoms with Gasteiger partial charge in [-0.25, -0.2) is 0 Å². The minimum atomic E-state index is -0.418. The number of nitrogens with two attached hydrogens (primary N) is 1. The number of aliphatic hydroxyl groups is 2. The number of aliphatic hydroxyl groups excluding tert-OH is 2. The van der Waals surface area contributed by atoms with Crippen molar-refractivity contribution in [1.82, 2.24) is 0 Å². The van der Waals surface area contributed by atoms with E-state index in [9.17, 15) is 10.2 Å². The molecule has 1 unspecified atom stereocenters. The monoisotopic (exact) mass is 277 g/mol. The van der Waals surface area contributed by atoms with Crippen LogP contribution < -0.4 is 5.73 Å². The molecule has 2 fully saturated rings. The Morgan fingerprint density at radius 2 is 2.20 bits per heavy atom. The SMILES string of the molecule is C=C(/C=C1/CCC(O)C/C1=C/C)[C@H]1CC[C@](N)(CO)C1. The first kappa shape index (κ1) is 15.5. The summed E-state index contributed by atoms with van der Waals surface area (Å²) >= 11 is 0. The molecule has 3 atom stereocenters. The van der Waals surface area contributed by atoms with E-state index in [0.717, 1.165) is 44.1 Å². The predicted molar refractivity (Wildman–Crippen MR) is 82.2 cm³/mol. The summed E-state index contributed by atoms with van der Waals surface area (Å²) in [6, 6.07) is 0. The summed E-state index contributed by atoms with van der Waals surface area (Å²) in [4.78, 5) is 0. The first-order valence-corrected chi connectivity index (χ1v) is 7.60. The summed E-state index contributed by atoms with van der Waals surface area (Å²) in [7, 11) is 0. The van der Waals surface area contributed by atoms with Crippen molar-refractivity contribution < 1.29 is 10.2 Å². The van der Waals surface area contributed by atoms with Crippen LogP contribution in [0.2, 0.25) is 0 Å². The summed E-state index contributed by atoms with van der Waals surface area (Å²) in [6.45, 7) is 6.29. The van der Waals surface area contributed by atoms with Crippen LogP contribution in [0.3, 0.4) is 0 Å². The van der Waals surface area contributed by atoms with Gasteiger partial charge in [-0.2, -0.15) is 0 Å². The molecule has 0 spiro atoms. The fourth-order valence-electron chi connectivity index (χ4n) is 3.40. The van der Waals surface area contributed by atoms with Gasteiger partial charge in [0, 0.05) is 5.54 Å². The molecule has 3 nitrogen and oxygen atoms in total. The van der Waals surface area contributed by atoms with E-state index in [-0.39, 0.29) is 12.7 Å². The van der Waals surface area contributed by atoms with Crippen LogP contribution in [0.4, 0.5) is 0 Å². The molecule has 0 aromatic heterocycles. The second kappa shape index (κ2) is 6.25. The molecule has 0 bridgehead atoms. The van der Waals surface area contributed by atoms with E-state index in [1.165, 1.54) is 11.1 Å². The molecular weight excluding hydrogens is 250 g/mol. The first-order valence-electron chi connectivity index (χ1n) is 7.60. The van der Waals surface area contributed by atoms with E-state index in [1.54, 1.807) is 0 Å².